The first kappa shape index (κ1) is 22.8. The minimum Gasteiger partial charge on any atom is -0.380 e. The molecule has 3 rings (SSSR count). The number of anilines is 1. The van der Waals surface area contributed by atoms with Crippen LogP contribution < -0.4 is 15.5 Å². The molecule has 1 aliphatic rings. The van der Waals surface area contributed by atoms with Crippen LogP contribution in [0.15, 0.2) is 53.5 Å². The number of ether oxygens (including phenoxy) is 1. The van der Waals surface area contributed by atoms with Gasteiger partial charge in [0.1, 0.15) is 0 Å². The van der Waals surface area contributed by atoms with E-state index >= 15 is 0 Å². The monoisotopic (exact) mass is 514 g/mol. The number of methoxy groups -OCH3 is 1. The van der Waals surface area contributed by atoms with Crippen LogP contribution in [0, 0.1) is 0 Å². The van der Waals surface area contributed by atoms with Crippen LogP contribution in [0.2, 0.25) is 5.02 Å². The smallest absolute Gasteiger partial charge is 0.191 e. The normalized spacial score (nSPS) is 16.6. The molecule has 152 valence electrons. The average molecular weight is 515 g/mol. The summed E-state index contributed by atoms with van der Waals surface area (Å²) in [6.07, 6.45) is 1.07. The summed E-state index contributed by atoms with van der Waals surface area (Å²) in [5.74, 6) is 0.824. The molecule has 1 heterocycles. The molecule has 1 aliphatic heterocycles. The Morgan fingerprint density at radius 1 is 1.21 bits per heavy atom. The van der Waals surface area contributed by atoms with E-state index in [0.717, 1.165) is 37.0 Å². The first-order valence-corrected chi connectivity index (χ1v) is 9.60. The molecule has 2 aromatic carbocycles. The Kier molecular flexibility index (Phi) is 9.34. The molecule has 1 saturated heterocycles. The Hall–Kier alpha value is -1.51. The molecule has 5 nitrogen and oxygen atoms in total. The average Bonchev–Trinajstić information content (AvgIpc) is 3.14. The van der Waals surface area contributed by atoms with Crippen molar-refractivity contribution in [3.63, 3.8) is 0 Å². The minimum absolute atomic E-state index is 0. The number of hydrogen-bond acceptors (Lipinski definition) is 3. The van der Waals surface area contributed by atoms with Gasteiger partial charge in [-0.25, -0.2) is 0 Å². The molecule has 0 saturated carbocycles. The zero-order chi connectivity index (χ0) is 19.1. The van der Waals surface area contributed by atoms with Gasteiger partial charge in [-0.1, -0.05) is 41.9 Å². The Bertz CT molecular complexity index is 787. The lowest BCUT2D eigenvalue weighted by molar-refractivity contribution is 0.185. The van der Waals surface area contributed by atoms with E-state index in [1.807, 2.05) is 18.2 Å². The highest BCUT2D eigenvalue weighted by molar-refractivity contribution is 14.0. The van der Waals surface area contributed by atoms with Crippen LogP contribution in [0.25, 0.3) is 0 Å². The second-order valence-corrected chi connectivity index (χ2v) is 7.17. The fourth-order valence-corrected chi connectivity index (χ4v) is 3.54. The molecule has 1 atom stereocenters. The summed E-state index contributed by atoms with van der Waals surface area (Å²) in [7, 11) is 3.52. The summed E-state index contributed by atoms with van der Waals surface area (Å²) in [5, 5.41) is 7.71. The van der Waals surface area contributed by atoms with E-state index in [9.17, 15) is 0 Å². The van der Waals surface area contributed by atoms with Crippen molar-refractivity contribution < 1.29 is 4.74 Å². The van der Waals surface area contributed by atoms with Gasteiger partial charge in [0, 0.05) is 50.5 Å². The van der Waals surface area contributed by atoms with Crippen molar-refractivity contribution in [1.29, 1.82) is 0 Å². The van der Waals surface area contributed by atoms with Crippen molar-refractivity contribution in [3.8, 4) is 0 Å². The van der Waals surface area contributed by atoms with Crippen LogP contribution in [0.5, 0.6) is 0 Å². The molecule has 0 aliphatic carbocycles. The molecule has 0 amide bonds. The number of rotatable bonds is 6. The third-order valence-corrected chi connectivity index (χ3v) is 4.92. The highest BCUT2D eigenvalue weighted by Crippen LogP contribution is 2.23. The molecular formula is C21H28ClIN4O. The molecule has 2 aromatic rings. The predicted molar refractivity (Wildman–Crippen MR) is 128 cm³/mol. The van der Waals surface area contributed by atoms with E-state index in [1.165, 1.54) is 16.8 Å². The Morgan fingerprint density at radius 3 is 2.75 bits per heavy atom. The number of guanidine groups is 1. The van der Waals surface area contributed by atoms with E-state index in [-0.39, 0.29) is 24.0 Å². The van der Waals surface area contributed by atoms with Gasteiger partial charge in [0.15, 0.2) is 5.96 Å². The van der Waals surface area contributed by atoms with Gasteiger partial charge in [-0.3, -0.25) is 4.99 Å². The van der Waals surface area contributed by atoms with E-state index in [0.29, 0.717) is 12.6 Å². The molecule has 7 heteroatoms. The lowest BCUT2D eigenvalue weighted by Gasteiger charge is -2.20. The summed E-state index contributed by atoms with van der Waals surface area (Å²) in [6.45, 7) is 3.29. The van der Waals surface area contributed by atoms with E-state index < -0.39 is 0 Å². The highest BCUT2D eigenvalue weighted by atomic mass is 127. The highest BCUT2D eigenvalue weighted by Gasteiger charge is 2.23. The summed E-state index contributed by atoms with van der Waals surface area (Å²) < 4.78 is 5.20. The van der Waals surface area contributed by atoms with Gasteiger partial charge in [0.05, 0.1) is 6.61 Å². The molecule has 0 bridgehead atoms. The summed E-state index contributed by atoms with van der Waals surface area (Å²) in [6, 6.07) is 16.8. The van der Waals surface area contributed by atoms with E-state index in [1.54, 1.807) is 14.2 Å². The predicted octanol–water partition coefficient (Wildman–Crippen LogP) is 4.05. The van der Waals surface area contributed by atoms with Crippen molar-refractivity contribution >= 4 is 47.2 Å². The zero-order valence-corrected chi connectivity index (χ0v) is 19.4. The standard InChI is InChI=1S/C21H27ClN4O.HI/c1-23-21(24-13-16-5-3-6-17(11-16)15-27-2)25-19-9-10-26(14-19)20-8-4-7-18(22)12-20;/h3-8,11-12,19H,9-10,13-15H2,1-2H3,(H2,23,24,25);1H. The second kappa shape index (κ2) is 11.5. The SMILES string of the molecule is CN=C(NCc1cccc(COC)c1)NC1CCN(c2cccc(Cl)c2)C1.I. The van der Waals surface area contributed by atoms with Crippen molar-refractivity contribution in [3.05, 3.63) is 64.7 Å². The third-order valence-electron chi connectivity index (χ3n) is 4.69. The van der Waals surface area contributed by atoms with Crippen LogP contribution in [0.1, 0.15) is 17.5 Å². The van der Waals surface area contributed by atoms with Crippen molar-refractivity contribution in [2.75, 3.05) is 32.1 Å². The second-order valence-electron chi connectivity index (χ2n) is 6.73. The van der Waals surface area contributed by atoms with Crippen LogP contribution in [-0.2, 0) is 17.9 Å². The van der Waals surface area contributed by atoms with Crippen molar-refractivity contribution in [2.45, 2.75) is 25.6 Å². The topological polar surface area (TPSA) is 48.9 Å². The van der Waals surface area contributed by atoms with Gasteiger partial charge < -0.3 is 20.3 Å². The summed E-state index contributed by atoms with van der Waals surface area (Å²) in [5.41, 5.74) is 3.55. The van der Waals surface area contributed by atoms with Crippen LogP contribution in [0.4, 0.5) is 5.69 Å². The molecule has 1 fully saturated rings. The van der Waals surface area contributed by atoms with Crippen LogP contribution in [0.3, 0.4) is 0 Å². The lowest BCUT2D eigenvalue weighted by Crippen LogP contribution is -2.44. The Morgan fingerprint density at radius 2 is 2.00 bits per heavy atom. The molecule has 0 aromatic heterocycles. The first-order chi connectivity index (χ1) is 13.2. The first-order valence-electron chi connectivity index (χ1n) is 9.22. The maximum absolute atomic E-state index is 6.12. The van der Waals surface area contributed by atoms with Crippen LogP contribution >= 0.6 is 35.6 Å². The van der Waals surface area contributed by atoms with Gasteiger partial charge in [-0.15, -0.1) is 24.0 Å². The minimum atomic E-state index is 0. The van der Waals surface area contributed by atoms with Crippen LogP contribution in [-0.4, -0.2) is 39.2 Å². The molecular weight excluding hydrogens is 487 g/mol. The largest absolute Gasteiger partial charge is 0.380 e. The summed E-state index contributed by atoms with van der Waals surface area (Å²) >= 11 is 6.12. The van der Waals surface area contributed by atoms with Gasteiger partial charge in [0.2, 0.25) is 0 Å². The molecule has 1 unspecified atom stereocenters. The number of benzene rings is 2. The fraction of sp³-hybridized carbons (Fsp3) is 0.381. The lowest BCUT2D eigenvalue weighted by atomic mass is 10.1. The Labute approximate surface area is 189 Å². The number of nitrogens with zero attached hydrogens (tertiary/aromatic N) is 2. The number of nitrogens with one attached hydrogen (secondary N) is 2. The molecule has 28 heavy (non-hydrogen) atoms. The number of halogens is 2. The van der Waals surface area contributed by atoms with Crippen molar-refractivity contribution in [2.24, 2.45) is 4.99 Å². The van der Waals surface area contributed by atoms with Gasteiger partial charge in [0.25, 0.3) is 0 Å². The molecule has 0 spiro atoms. The van der Waals surface area contributed by atoms with E-state index in [2.05, 4.69) is 50.9 Å². The number of hydrogen-bond donors (Lipinski definition) is 2. The fourth-order valence-electron chi connectivity index (χ4n) is 3.36. The summed E-state index contributed by atoms with van der Waals surface area (Å²) in [4.78, 5) is 6.72. The van der Waals surface area contributed by atoms with Crippen molar-refractivity contribution in [1.82, 2.24) is 10.6 Å². The maximum atomic E-state index is 6.12. The Balaban J connectivity index is 0.00000280. The molecule has 2 N–H and O–H groups in total. The van der Waals surface area contributed by atoms with Gasteiger partial charge in [-0.2, -0.15) is 0 Å². The van der Waals surface area contributed by atoms with Gasteiger partial charge >= 0.3 is 0 Å². The third kappa shape index (κ3) is 6.53. The maximum Gasteiger partial charge on any atom is 0.191 e. The molecule has 0 radical (unpaired) electrons. The van der Waals surface area contributed by atoms with E-state index in [4.69, 9.17) is 16.3 Å². The number of aliphatic imine (C=N–C) groups is 1. The quantitative estimate of drug-likeness (QED) is 0.347. The zero-order valence-electron chi connectivity index (χ0n) is 16.3. The van der Waals surface area contributed by atoms with Gasteiger partial charge in [-0.05, 0) is 35.7 Å².